The van der Waals surface area contributed by atoms with E-state index in [9.17, 15) is 4.57 Å². The number of rotatable bonds is 8. The lowest BCUT2D eigenvalue weighted by molar-refractivity contribution is 0.0843. The number of para-hydroxylation sites is 2. The van der Waals surface area contributed by atoms with Crippen LogP contribution in [0.25, 0.3) is 0 Å². The monoisotopic (exact) mass is 303 g/mol. The predicted octanol–water partition coefficient (Wildman–Crippen LogP) is 4.00. The van der Waals surface area contributed by atoms with Crippen molar-refractivity contribution in [3.05, 3.63) is 24.3 Å². The molecule has 0 saturated carbocycles. The highest BCUT2D eigenvalue weighted by Gasteiger charge is 2.30. The van der Waals surface area contributed by atoms with Crippen molar-refractivity contribution in [1.82, 2.24) is 0 Å². The molecule has 7 heteroatoms. The Hall–Kier alpha value is -1.07. The lowest BCUT2D eigenvalue weighted by Gasteiger charge is -2.22. The molecule has 1 aromatic carbocycles. The molecule has 0 atom stereocenters. The number of hydrogen-bond donors (Lipinski definition) is 1. The van der Waals surface area contributed by atoms with Gasteiger partial charge in [0.15, 0.2) is 0 Å². The average Bonchev–Trinajstić information content (AvgIpc) is 2.34. The van der Waals surface area contributed by atoms with Gasteiger partial charge in [-0.15, -0.1) is 0 Å². The predicted molar refractivity (Wildman–Crippen MR) is 77.8 cm³/mol. The van der Waals surface area contributed by atoms with Gasteiger partial charge < -0.3 is 4.74 Å². The molecule has 0 aliphatic rings. The summed E-state index contributed by atoms with van der Waals surface area (Å²) in [4.78, 5) is 0. The van der Waals surface area contributed by atoms with Crippen LogP contribution >= 0.6 is 7.82 Å². The zero-order valence-electron chi connectivity index (χ0n) is 12.5. The molecule has 0 unspecified atom stereocenters. The Morgan fingerprint density at radius 1 is 1.05 bits per heavy atom. The van der Waals surface area contributed by atoms with Gasteiger partial charge in [0.1, 0.15) is 11.4 Å². The molecular formula is C13H22NO5P. The Morgan fingerprint density at radius 3 is 2.10 bits per heavy atom. The summed E-state index contributed by atoms with van der Waals surface area (Å²) in [5.41, 5.74) is 3.11. The van der Waals surface area contributed by atoms with Crippen LogP contribution in [0.2, 0.25) is 0 Å². The van der Waals surface area contributed by atoms with Gasteiger partial charge in [0.2, 0.25) is 0 Å². The Morgan fingerprint density at radius 2 is 1.60 bits per heavy atom. The van der Waals surface area contributed by atoms with Crippen molar-refractivity contribution in [2.24, 2.45) is 0 Å². The molecule has 0 saturated heterocycles. The zero-order chi connectivity index (χ0) is 15.2. The van der Waals surface area contributed by atoms with Crippen molar-refractivity contribution in [3.63, 3.8) is 0 Å². The van der Waals surface area contributed by atoms with E-state index in [4.69, 9.17) is 18.4 Å². The molecule has 114 valence electrons. The highest BCUT2D eigenvalue weighted by Crippen LogP contribution is 2.51. The molecule has 0 spiro atoms. The van der Waals surface area contributed by atoms with Crippen LogP contribution in [0.4, 0.5) is 5.69 Å². The van der Waals surface area contributed by atoms with Gasteiger partial charge in [0.25, 0.3) is 0 Å². The molecule has 0 amide bonds. The number of anilines is 1. The lowest BCUT2D eigenvalue weighted by Crippen LogP contribution is -2.12. The van der Waals surface area contributed by atoms with Gasteiger partial charge in [0, 0.05) is 0 Å². The first-order valence-electron chi connectivity index (χ1n) is 6.40. The molecule has 1 aromatic rings. The summed E-state index contributed by atoms with van der Waals surface area (Å²) in [6.45, 7) is 7.01. The topological polar surface area (TPSA) is 66.0 Å². The summed E-state index contributed by atoms with van der Waals surface area (Å²) >= 11 is 0. The first kappa shape index (κ1) is 17.0. The highest BCUT2D eigenvalue weighted by atomic mass is 31.2. The van der Waals surface area contributed by atoms with E-state index in [1.165, 1.54) is 7.11 Å². The summed E-state index contributed by atoms with van der Waals surface area (Å²) < 4.78 is 33.3. The minimum Gasteiger partial charge on any atom is -0.495 e. The van der Waals surface area contributed by atoms with E-state index in [1.54, 1.807) is 45.9 Å². The second-order valence-electron chi connectivity index (χ2n) is 4.65. The van der Waals surface area contributed by atoms with Gasteiger partial charge in [-0.05, 0) is 39.8 Å². The van der Waals surface area contributed by atoms with Crippen LogP contribution in [0, 0.1) is 0 Å². The van der Waals surface area contributed by atoms with E-state index in [0.29, 0.717) is 11.4 Å². The van der Waals surface area contributed by atoms with Crippen LogP contribution in [-0.4, -0.2) is 19.3 Å². The Bertz CT molecular complexity index is 450. The van der Waals surface area contributed by atoms with Crippen molar-refractivity contribution in [1.29, 1.82) is 0 Å². The van der Waals surface area contributed by atoms with Crippen LogP contribution in [-0.2, 0) is 18.2 Å². The van der Waals surface area contributed by atoms with Gasteiger partial charge in [-0.3, -0.25) is 14.5 Å². The van der Waals surface area contributed by atoms with Gasteiger partial charge in [-0.1, -0.05) is 12.1 Å². The molecule has 0 aromatic heterocycles. The molecule has 20 heavy (non-hydrogen) atoms. The molecular weight excluding hydrogens is 281 g/mol. The van der Waals surface area contributed by atoms with Crippen molar-refractivity contribution in [2.45, 2.75) is 39.9 Å². The summed E-state index contributed by atoms with van der Waals surface area (Å²) in [7, 11) is -2.16. The molecule has 0 aliphatic carbocycles. The van der Waals surface area contributed by atoms with E-state index in [2.05, 4.69) is 5.48 Å². The number of hydrogen-bond acceptors (Lipinski definition) is 6. The average molecular weight is 303 g/mol. The largest absolute Gasteiger partial charge is 0.496 e. The smallest absolute Gasteiger partial charge is 0.495 e. The minimum absolute atomic E-state index is 0.293. The van der Waals surface area contributed by atoms with Crippen molar-refractivity contribution in [2.75, 3.05) is 12.6 Å². The fourth-order valence-electron chi connectivity index (χ4n) is 1.42. The van der Waals surface area contributed by atoms with Crippen LogP contribution < -0.4 is 10.2 Å². The SMILES string of the molecule is COc1ccccc1NOP(=O)(OC(C)C)OC(C)C. The number of phosphoric ester groups is 1. The number of benzene rings is 1. The van der Waals surface area contributed by atoms with Crippen molar-refractivity contribution >= 4 is 13.5 Å². The second kappa shape index (κ2) is 7.64. The lowest BCUT2D eigenvalue weighted by atomic mass is 10.3. The van der Waals surface area contributed by atoms with E-state index in [1.807, 2.05) is 6.07 Å². The minimum atomic E-state index is -3.69. The molecule has 1 rings (SSSR count). The van der Waals surface area contributed by atoms with Crippen molar-refractivity contribution < 1.29 is 23.0 Å². The molecule has 6 nitrogen and oxygen atoms in total. The number of methoxy groups -OCH3 is 1. The third-order valence-electron chi connectivity index (χ3n) is 2.05. The molecule has 0 radical (unpaired) electrons. The Balaban J connectivity index is 2.78. The maximum absolute atomic E-state index is 12.4. The van der Waals surface area contributed by atoms with Crippen molar-refractivity contribution in [3.8, 4) is 5.75 Å². The molecule has 0 fully saturated rings. The number of phosphoric acid groups is 1. The van der Waals surface area contributed by atoms with Crippen LogP contribution in [0.15, 0.2) is 24.3 Å². The molecule has 0 heterocycles. The summed E-state index contributed by atoms with van der Waals surface area (Å²) in [5.74, 6) is 0.563. The Kier molecular flexibility index (Phi) is 6.49. The zero-order valence-corrected chi connectivity index (χ0v) is 13.3. The van der Waals surface area contributed by atoms with Crippen LogP contribution in [0.1, 0.15) is 27.7 Å². The van der Waals surface area contributed by atoms with E-state index >= 15 is 0 Å². The molecule has 0 bridgehead atoms. The standard InChI is InChI=1S/C13H22NO5P/c1-10(2)17-20(15,18-11(3)4)19-14-12-8-6-7-9-13(12)16-5/h6-11,14H,1-5H3. The fourth-order valence-corrected chi connectivity index (χ4v) is 2.80. The molecule has 1 N–H and O–H groups in total. The normalized spacial score (nSPS) is 11.9. The van der Waals surface area contributed by atoms with E-state index < -0.39 is 7.82 Å². The van der Waals surface area contributed by atoms with E-state index in [-0.39, 0.29) is 12.2 Å². The number of ether oxygens (including phenoxy) is 1. The maximum Gasteiger partial charge on any atom is 0.496 e. The number of nitrogens with one attached hydrogen (secondary N) is 1. The van der Waals surface area contributed by atoms with Gasteiger partial charge in [0.05, 0.1) is 19.3 Å². The first-order chi connectivity index (χ1) is 9.36. The summed E-state index contributed by atoms with van der Waals surface area (Å²) in [5, 5.41) is 0. The fraction of sp³-hybridized carbons (Fsp3) is 0.538. The van der Waals surface area contributed by atoms with Crippen LogP contribution in [0.3, 0.4) is 0 Å². The van der Waals surface area contributed by atoms with Gasteiger partial charge >= 0.3 is 7.82 Å². The second-order valence-corrected chi connectivity index (χ2v) is 6.15. The van der Waals surface area contributed by atoms with E-state index in [0.717, 1.165) is 0 Å². The Labute approximate surface area is 119 Å². The van der Waals surface area contributed by atoms with Gasteiger partial charge in [-0.25, -0.2) is 4.57 Å². The highest BCUT2D eigenvalue weighted by molar-refractivity contribution is 7.48. The first-order valence-corrected chi connectivity index (χ1v) is 7.87. The third kappa shape index (κ3) is 5.51. The van der Waals surface area contributed by atoms with Gasteiger partial charge in [-0.2, -0.15) is 4.62 Å². The third-order valence-corrected chi connectivity index (χ3v) is 3.73. The van der Waals surface area contributed by atoms with Crippen LogP contribution in [0.5, 0.6) is 5.75 Å². The summed E-state index contributed by atoms with van der Waals surface area (Å²) in [6.07, 6.45) is -0.585. The maximum atomic E-state index is 12.4. The molecule has 0 aliphatic heterocycles. The quantitative estimate of drug-likeness (QED) is 0.578. The summed E-state index contributed by atoms with van der Waals surface area (Å²) in [6, 6.07) is 7.10.